The Balaban J connectivity index is 2.75. The van der Waals surface area contributed by atoms with Crippen molar-refractivity contribution in [2.75, 3.05) is 13.6 Å². The van der Waals surface area contributed by atoms with E-state index in [1.54, 1.807) is 7.05 Å². The maximum absolute atomic E-state index is 12.1. The second kappa shape index (κ2) is 5.30. The van der Waals surface area contributed by atoms with E-state index in [1.165, 1.54) is 4.90 Å². The summed E-state index contributed by atoms with van der Waals surface area (Å²) in [4.78, 5) is 24.6. The van der Waals surface area contributed by atoms with Crippen LogP contribution in [-0.2, 0) is 9.59 Å². The number of hydrogen-bond donors (Lipinski definition) is 2. The number of carboxylic acid groups (broad SMARTS) is 1. The summed E-state index contributed by atoms with van der Waals surface area (Å²) in [6.07, 6.45) is 1.34. The summed E-state index contributed by atoms with van der Waals surface area (Å²) < 4.78 is 0. The van der Waals surface area contributed by atoms with Gasteiger partial charge in [-0.15, -0.1) is 0 Å². The fourth-order valence-corrected chi connectivity index (χ4v) is 2.21. The lowest BCUT2D eigenvalue weighted by molar-refractivity contribution is -0.149. The number of hydrogen-bond acceptors (Lipinski definition) is 3. The van der Waals surface area contributed by atoms with Gasteiger partial charge in [-0.25, -0.2) is 4.79 Å². The molecular weight excluding hydrogens is 208 g/mol. The number of carbonyl (C=O) groups excluding carboxylic acids is 1. The van der Waals surface area contributed by atoms with Crippen molar-refractivity contribution in [1.82, 2.24) is 10.2 Å². The zero-order valence-corrected chi connectivity index (χ0v) is 10.1. The minimum atomic E-state index is -0.899. The highest BCUT2D eigenvalue weighted by Crippen LogP contribution is 2.20. The van der Waals surface area contributed by atoms with Gasteiger partial charge in [0.15, 0.2) is 0 Å². The molecule has 0 aliphatic carbocycles. The van der Waals surface area contributed by atoms with Crippen molar-refractivity contribution in [3.63, 3.8) is 0 Å². The predicted molar refractivity (Wildman–Crippen MR) is 60.1 cm³/mol. The molecule has 0 aromatic heterocycles. The summed E-state index contributed by atoms with van der Waals surface area (Å²) in [6.45, 7) is 4.45. The van der Waals surface area contributed by atoms with E-state index in [-0.39, 0.29) is 17.9 Å². The van der Waals surface area contributed by atoms with E-state index in [0.717, 1.165) is 6.42 Å². The van der Waals surface area contributed by atoms with E-state index >= 15 is 0 Å². The first-order valence-corrected chi connectivity index (χ1v) is 5.69. The molecule has 1 fully saturated rings. The Morgan fingerprint density at radius 3 is 2.50 bits per heavy atom. The van der Waals surface area contributed by atoms with E-state index in [9.17, 15) is 9.59 Å². The Kier molecular flexibility index (Phi) is 4.29. The number of likely N-dealkylation sites (tertiary alicyclic amines) is 1. The largest absolute Gasteiger partial charge is 0.480 e. The van der Waals surface area contributed by atoms with Crippen molar-refractivity contribution in [3.05, 3.63) is 0 Å². The molecule has 0 bridgehead atoms. The Labute approximate surface area is 95.8 Å². The van der Waals surface area contributed by atoms with Crippen molar-refractivity contribution >= 4 is 11.9 Å². The molecule has 5 nitrogen and oxygen atoms in total. The smallest absolute Gasteiger partial charge is 0.326 e. The highest BCUT2D eigenvalue weighted by atomic mass is 16.4. The minimum Gasteiger partial charge on any atom is -0.480 e. The number of aliphatic carboxylic acids is 1. The number of carboxylic acids is 1. The van der Waals surface area contributed by atoms with Gasteiger partial charge in [-0.3, -0.25) is 4.79 Å². The molecule has 0 aromatic rings. The summed E-state index contributed by atoms with van der Waals surface area (Å²) >= 11 is 0. The minimum absolute atomic E-state index is 0.0950. The molecule has 1 heterocycles. The second-order valence-corrected chi connectivity index (χ2v) is 4.54. The third kappa shape index (κ3) is 2.52. The average molecular weight is 228 g/mol. The Morgan fingerprint density at radius 2 is 2.06 bits per heavy atom. The van der Waals surface area contributed by atoms with Gasteiger partial charge in [0, 0.05) is 6.54 Å². The highest BCUT2D eigenvalue weighted by molar-refractivity contribution is 5.87. The fourth-order valence-electron chi connectivity index (χ4n) is 2.21. The number of carbonyl (C=O) groups is 2. The topological polar surface area (TPSA) is 69.6 Å². The molecule has 1 aliphatic rings. The summed E-state index contributed by atoms with van der Waals surface area (Å²) in [5.41, 5.74) is 0. The van der Waals surface area contributed by atoms with Gasteiger partial charge in [0.2, 0.25) is 5.91 Å². The van der Waals surface area contributed by atoms with E-state index in [4.69, 9.17) is 5.11 Å². The molecule has 0 aromatic carbocycles. The van der Waals surface area contributed by atoms with Crippen molar-refractivity contribution < 1.29 is 14.7 Å². The maximum atomic E-state index is 12.1. The number of likely N-dealkylation sites (N-methyl/N-ethyl adjacent to an activating group) is 1. The van der Waals surface area contributed by atoms with Crippen LogP contribution in [0.5, 0.6) is 0 Å². The van der Waals surface area contributed by atoms with E-state index < -0.39 is 12.0 Å². The molecule has 92 valence electrons. The summed E-state index contributed by atoms with van der Waals surface area (Å²) in [5, 5.41) is 12.0. The molecule has 1 saturated heterocycles. The monoisotopic (exact) mass is 228 g/mol. The standard InChI is InChI=1S/C11H20N2O3/c1-7(2)9(12-3)10(14)13-6-4-5-8(13)11(15)16/h7-9,12H,4-6H2,1-3H3,(H,15,16)/t8?,9-/m0/s1. The van der Waals surface area contributed by atoms with Crippen LogP contribution >= 0.6 is 0 Å². The molecule has 1 amide bonds. The van der Waals surface area contributed by atoms with Crippen LogP contribution in [0.15, 0.2) is 0 Å². The highest BCUT2D eigenvalue weighted by Gasteiger charge is 2.37. The van der Waals surface area contributed by atoms with Gasteiger partial charge in [-0.1, -0.05) is 13.8 Å². The van der Waals surface area contributed by atoms with Crippen LogP contribution in [-0.4, -0.2) is 47.6 Å². The molecule has 2 N–H and O–H groups in total. The quantitative estimate of drug-likeness (QED) is 0.726. The number of amides is 1. The van der Waals surface area contributed by atoms with Crippen LogP contribution in [0, 0.1) is 5.92 Å². The van der Waals surface area contributed by atoms with Crippen molar-refractivity contribution in [2.45, 2.75) is 38.8 Å². The van der Waals surface area contributed by atoms with Gasteiger partial charge in [0.25, 0.3) is 0 Å². The zero-order chi connectivity index (χ0) is 12.3. The van der Waals surface area contributed by atoms with E-state index in [0.29, 0.717) is 13.0 Å². The Bertz CT molecular complexity index is 278. The van der Waals surface area contributed by atoms with Gasteiger partial charge in [-0.05, 0) is 25.8 Å². The number of nitrogens with one attached hydrogen (secondary N) is 1. The van der Waals surface area contributed by atoms with Crippen LogP contribution in [0.2, 0.25) is 0 Å². The van der Waals surface area contributed by atoms with Crippen molar-refractivity contribution in [2.24, 2.45) is 5.92 Å². The number of rotatable bonds is 4. The lowest BCUT2D eigenvalue weighted by Crippen LogP contribution is -2.51. The molecule has 0 radical (unpaired) electrons. The van der Waals surface area contributed by atoms with Gasteiger partial charge in [0.05, 0.1) is 6.04 Å². The average Bonchev–Trinajstić information content (AvgIpc) is 2.65. The molecule has 0 spiro atoms. The predicted octanol–water partition coefficient (Wildman–Crippen LogP) is 0.306. The van der Waals surface area contributed by atoms with E-state index in [1.807, 2.05) is 13.8 Å². The normalized spacial score (nSPS) is 22.5. The van der Waals surface area contributed by atoms with Crippen LogP contribution < -0.4 is 5.32 Å². The fraction of sp³-hybridized carbons (Fsp3) is 0.818. The van der Waals surface area contributed by atoms with Crippen molar-refractivity contribution in [1.29, 1.82) is 0 Å². The van der Waals surface area contributed by atoms with E-state index in [2.05, 4.69) is 5.32 Å². The summed E-state index contributed by atoms with van der Waals surface area (Å²) in [7, 11) is 1.73. The van der Waals surface area contributed by atoms with Crippen LogP contribution in [0.25, 0.3) is 0 Å². The van der Waals surface area contributed by atoms with Crippen LogP contribution in [0.3, 0.4) is 0 Å². The molecule has 0 saturated carbocycles. The molecule has 16 heavy (non-hydrogen) atoms. The summed E-state index contributed by atoms with van der Waals surface area (Å²) in [6, 6.07) is -0.929. The molecular formula is C11H20N2O3. The molecule has 1 rings (SSSR count). The Morgan fingerprint density at radius 1 is 1.44 bits per heavy atom. The third-order valence-corrected chi connectivity index (χ3v) is 3.06. The molecule has 5 heteroatoms. The van der Waals surface area contributed by atoms with Crippen molar-refractivity contribution in [3.8, 4) is 0 Å². The summed E-state index contributed by atoms with van der Waals surface area (Å²) in [5.74, 6) is -0.834. The van der Waals surface area contributed by atoms with Gasteiger partial charge in [0.1, 0.15) is 6.04 Å². The first-order chi connectivity index (χ1) is 7.49. The first-order valence-electron chi connectivity index (χ1n) is 5.69. The molecule has 1 unspecified atom stereocenters. The SMILES string of the molecule is CN[C@H](C(=O)N1CCCC1C(=O)O)C(C)C. The third-order valence-electron chi connectivity index (χ3n) is 3.06. The van der Waals surface area contributed by atoms with Crippen LogP contribution in [0.1, 0.15) is 26.7 Å². The molecule has 2 atom stereocenters. The zero-order valence-electron chi connectivity index (χ0n) is 10.1. The van der Waals surface area contributed by atoms with Gasteiger partial charge < -0.3 is 15.3 Å². The molecule has 1 aliphatic heterocycles. The first kappa shape index (κ1) is 13.0. The second-order valence-electron chi connectivity index (χ2n) is 4.54. The van der Waals surface area contributed by atoms with Crippen LogP contribution in [0.4, 0.5) is 0 Å². The van der Waals surface area contributed by atoms with Gasteiger partial charge >= 0.3 is 5.97 Å². The van der Waals surface area contributed by atoms with Gasteiger partial charge in [-0.2, -0.15) is 0 Å². The lowest BCUT2D eigenvalue weighted by atomic mass is 10.0. The maximum Gasteiger partial charge on any atom is 0.326 e. The lowest BCUT2D eigenvalue weighted by Gasteiger charge is -2.28. The Hall–Kier alpha value is -1.10. The number of nitrogens with zero attached hydrogens (tertiary/aromatic N) is 1.